The molecule has 0 saturated heterocycles. The van der Waals surface area contributed by atoms with E-state index in [9.17, 15) is 8.42 Å². The number of nitrogens with one attached hydrogen (secondary N) is 1. The quantitative estimate of drug-likeness (QED) is 0.633. The van der Waals surface area contributed by atoms with Gasteiger partial charge in [0.1, 0.15) is 4.90 Å². The molecule has 3 N–H and O–H groups in total. The SMILES string of the molecule is CC#CCNS(=O)(=O)c1ccc(N)cc1Cl. The fourth-order valence-electron chi connectivity index (χ4n) is 1.03. The minimum absolute atomic E-state index is 0.00118. The summed E-state index contributed by atoms with van der Waals surface area (Å²) < 4.78 is 25.8. The summed E-state index contributed by atoms with van der Waals surface area (Å²) in [4.78, 5) is 0.00118. The highest BCUT2D eigenvalue weighted by atomic mass is 35.5. The van der Waals surface area contributed by atoms with Crippen molar-refractivity contribution >= 4 is 27.3 Å². The summed E-state index contributed by atoms with van der Waals surface area (Å²) in [5.41, 5.74) is 5.88. The Labute approximate surface area is 99.8 Å². The van der Waals surface area contributed by atoms with Crippen LogP contribution in [-0.4, -0.2) is 15.0 Å². The van der Waals surface area contributed by atoms with Crippen LogP contribution in [-0.2, 0) is 10.0 Å². The average Bonchev–Trinajstić information content (AvgIpc) is 2.17. The minimum atomic E-state index is -3.62. The number of rotatable bonds is 3. The third-order valence-corrected chi connectivity index (χ3v) is 3.66. The van der Waals surface area contributed by atoms with E-state index in [1.54, 1.807) is 6.92 Å². The number of nitrogens with two attached hydrogens (primary N) is 1. The van der Waals surface area contributed by atoms with E-state index in [0.29, 0.717) is 5.69 Å². The van der Waals surface area contributed by atoms with Crippen molar-refractivity contribution in [3.8, 4) is 11.8 Å². The first-order chi connectivity index (χ1) is 7.47. The second-order valence-corrected chi connectivity index (χ2v) is 5.08. The fraction of sp³-hybridized carbons (Fsp3) is 0.200. The second-order valence-electron chi connectivity index (χ2n) is 2.94. The molecule has 16 heavy (non-hydrogen) atoms. The molecule has 1 rings (SSSR count). The van der Waals surface area contributed by atoms with Gasteiger partial charge in [-0.05, 0) is 25.1 Å². The van der Waals surface area contributed by atoms with E-state index >= 15 is 0 Å². The van der Waals surface area contributed by atoms with Gasteiger partial charge in [0, 0.05) is 5.69 Å². The Balaban J connectivity index is 3.01. The van der Waals surface area contributed by atoms with Gasteiger partial charge in [0.05, 0.1) is 11.6 Å². The maximum atomic E-state index is 11.7. The predicted molar refractivity (Wildman–Crippen MR) is 64.5 cm³/mol. The molecule has 0 aliphatic carbocycles. The monoisotopic (exact) mass is 258 g/mol. The Morgan fingerprint density at radius 2 is 2.19 bits per heavy atom. The maximum absolute atomic E-state index is 11.7. The van der Waals surface area contributed by atoms with Crippen molar-refractivity contribution in [3.63, 3.8) is 0 Å². The van der Waals surface area contributed by atoms with E-state index in [4.69, 9.17) is 17.3 Å². The lowest BCUT2D eigenvalue weighted by Gasteiger charge is -2.06. The number of hydrogen-bond donors (Lipinski definition) is 2. The molecule has 0 aliphatic rings. The van der Waals surface area contributed by atoms with Gasteiger partial charge in [0.25, 0.3) is 0 Å². The number of halogens is 1. The maximum Gasteiger partial charge on any atom is 0.242 e. The Bertz CT molecular complexity index is 544. The summed E-state index contributed by atoms with van der Waals surface area (Å²) in [6.45, 7) is 1.68. The third kappa shape index (κ3) is 3.14. The van der Waals surface area contributed by atoms with Crippen LogP contribution in [0, 0.1) is 11.8 Å². The first kappa shape index (κ1) is 12.8. The van der Waals surface area contributed by atoms with Crippen LogP contribution in [0.15, 0.2) is 23.1 Å². The number of sulfonamides is 1. The molecule has 0 spiro atoms. The molecule has 0 radical (unpaired) electrons. The highest BCUT2D eigenvalue weighted by molar-refractivity contribution is 7.89. The molecular weight excluding hydrogens is 248 g/mol. The second kappa shape index (κ2) is 5.21. The Morgan fingerprint density at radius 1 is 1.50 bits per heavy atom. The number of benzene rings is 1. The summed E-state index contributed by atoms with van der Waals surface area (Å²) >= 11 is 5.79. The van der Waals surface area contributed by atoms with Crippen LogP contribution in [0.1, 0.15) is 6.92 Å². The van der Waals surface area contributed by atoms with Crippen LogP contribution in [0.4, 0.5) is 5.69 Å². The van der Waals surface area contributed by atoms with E-state index in [-0.39, 0.29) is 16.5 Å². The van der Waals surface area contributed by atoms with E-state index in [2.05, 4.69) is 16.6 Å². The normalized spacial score (nSPS) is 10.6. The van der Waals surface area contributed by atoms with Crippen LogP contribution in [0.25, 0.3) is 0 Å². The molecular formula is C10H11ClN2O2S. The van der Waals surface area contributed by atoms with Gasteiger partial charge < -0.3 is 5.73 Å². The highest BCUT2D eigenvalue weighted by Crippen LogP contribution is 2.23. The lowest BCUT2D eigenvalue weighted by atomic mass is 10.3. The summed E-state index contributed by atoms with van der Waals surface area (Å²) in [7, 11) is -3.62. The smallest absolute Gasteiger partial charge is 0.242 e. The molecule has 0 aliphatic heterocycles. The molecule has 0 fully saturated rings. The molecule has 1 aromatic rings. The summed E-state index contributed by atoms with van der Waals surface area (Å²) in [5.74, 6) is 5.18. The van der Waals surface area contributed by atoms with Crippen LogP contribution < -0.4 is 10.5 Å². The van der Waals surface area contributed by atoms with E-state index < -0.39 is 10.0 Å². The van der Waals surface area contributed by atoms with Gasteiger partial charge in [-0.2, -0.15) is 4.72 Å². The summed E-state index contributed by atoms with van der Waals surface area (Å²) in [5, 5.41) is 0.0944. The first-order valence-corrected chi connectivity index (χ1v) is 6.28. The van der Waals surface area contributed by atoms with E-state index in [1.165, 1.54) is 18.2 Å². The molecule has 6 heteroatoms. The van der Waals surface area contributed by atoms with Crippen LogP contribution in [0.3, 0.4) is 0 Å². The zero-order valence-corrected chi connectivity index (χ0v) is 10.2. The molecule has 0 unspecified atom stereocenters. The van der Waals surface area contributed by atoms with Gasteiger partial charge >= 0.3 is 0 Å². The van der Waals surface area contributed by atoms with Gasteiger partial charge in [-0.15, -0.1) is 5.92 Å². The number of nitrogen functional groups attached to an aromatic ring is 1. The number of anilines is 1. The van der Waals surface area contributed by atoms with Crippen LogP contribution >= 0.6 is 11.6 Å². The van der Waals surface area contributed by atoms with E-state index in [1.807, 2.05) is 0 Å². The predicted octanol–water partition coefficient (Wildman–Crippen LogP) is 1.22. The van der Waals surface area contributed by atoms with Gasteiger partial charge in [-0.1, -0.05) is 17.5 Å². The molecule has 0 saturated carbocycles. The lowest BCUT2D eigenvalue weighted by molar-refractivity contribution is 0.586. The van der Waals surface area contributed by atoms with Crippen molar-refractivity contribution in [1.29, 1.82) is 0 Å². The van der Waals surface area contributed by atoms with Gasteiger partial charge in [-0.25, -0.2) is 8.42 Å². The third-order valence-electron chi connectivity index (χ3n) is 1.77. The molecule has 86 valence electrons. The molecule has 4 nitrogen and oxygen atoms in total. The molecule has 0 amide bonds. The fourth-order valence-corrected chi connectivity index (χ4v) is 2.51. The van der Waals surface area contributed by atoms with Crippen molar-refractivity contribution in [2.24, 2.45) is 0 Å². The van der Waals surface area contributed by atoms with Crippen LogP contribution in [0.2, 0.25) is 5.02 Å². The largest absolute Gasteiger partial charge is 0.399 e. The topological polar surface area (TPSA) is 72.2 Å². The van der Waals surface area contributed by atoms with Gasteiger partial charge in [0.15, 0.2) is 0 Å². The molecule has 0 atom stereocenters. The lowest BCUT2D eigenvalue weighted by Crippen LogP contribution is -2.24. The zero-order valence-electron chi connectivity index (χ0n) is 8.62. The minimum Gasteiger partial charge on any atom is -0.399 e. The van der Waals surface area contributed by atoms with Crippen molar-refractivity contribution in [2.45, 2.75) is 11.8 Å². The van der Waals surface area contributed by atoms with E-state index in [0.717, 1.165) is 0 Å². The highest BCUT2D eigenvalue weighted by Gasteiger charge is 2.16. The van der Waals surface area contributed by atoms with Crippen molar-refractivity contribution < 1.29 is 8.42 Å². The Hall–Kier alpha value is -1.22. The molecule has 1 aromatic carbocycles. The van der Waals surface area contributed by atoms with Gasteiger partial charge in [0.2, 0.25) is 10.0 Å². The Morgan fingerprint density at radius 3 is 2.75 bits per heavy atom. The van der Waals surface area contributed by atoms with Crippen LogP contribution in [0.5, 0.6) is 0 Å². The number of hydrogen-bond acceptors (Lipinski definition) is 3. The molecule has 0 aromatic heterocycles. The Kier molecular flexibility index (Phi) is 4.19. The molecule has 0 bridgehead atoms. The van der Waals surface area contributed by atoms with Crippen molar-refractivity contribution in [3.05, 3.63) is 23.2 Å². The first-order valence-electron chi connectivity index (χ1n) is 4.41. The summed E-state index contributed by atoms with van der Waals surface area (Å²) in [6.07, 6.45) is 0. The molecule has 0 heterocycles. The standard InChI is InChI=1S/C10H11ClN2O2S/c1-2-3-6-13-16(14,15)10-5-4-8(12)7-9(10)11/h4-5,7,13H,6,12H2,1H3. The average molecular weight is 259 g/mol. The van der Waals surface area contributed by atoms with Crippen molar-refractivity contribution in [2.75, 3.05) is 12.3 Å². The summed E-state index contributed by atoms with van der Waals surface area (Å²) in [6, 6.07) is 4.23. The zero-order chi connectivity index (χ0) is 12.2. The van der Waals surface area contributed by atoms with Gasteiger partial charge in [-0.3, -0.25) is 0 Å². The van der Waals surface area contributed by atoms with Crippen molar-refractivity contribution in [1.82, 2.24) is 4.72 Å².